The molecular formula is C18H18N2O4. The number of ether oxygens (including phenoxy) is 2. The molecule has 2 aromatic carbocycles. The third kappa shape index (κ3) is 3.17. The number of fused-ring (bicyclic) bond motifs is 1. The maximum absolute atomic E-state index is 12.5. The van der Waals surface area contributed by atoms with Crippen LogP contribution >= 0.6 is 0 Å². The fourth-order valence-corrected chi connectivity index (χ4v) is 2.40. The smallest absolute Gasteiger partial charge is 0.259 e. The molecular weight excluding hydrogens is 308 g/mol. The minimum Gasteiger partial charge on any atom is -0.486 e. The maximum atomic E-state index is 12.5. The molecule has 6 heteroatoms. The van der Waals surface area contributed by atoms with E-state index in [2.05, 4.69) is 5.32 Å². The van der Waals surface area contributed by atoms with E-state index < -0.39 is 0 Å². The van der Waals surface area contributed by atoms with E-state index in [0.717, 1.165) is 5.69 Å². The Morgan fingerprint density at radius 1 is 1.04 bits per heavy atom. The van der Waals surface area contributed by atoms with E-state index in [1.54, 1.807) is 49.5 Å². The first kappa shape index (κ1) is 15.9. The average molecular weight is 326 g/mol. The highest BCUT2D eigenvalue weighted by Crippen LogP contribution is 2.34. The summed E-state index contributed by atoms with van der Waals surface area (Å²) in [5.74, 6) is 0.714. The highest BCUT2D eigenvalue weighted by molar-refractivity contribution is 6.07. The molecule has 3 rings (SSSR count). The SMILES string of the molecule is CC(=O)N(C)c1ccc(NC(=O)c2cccc3c2OCCO3)cc1. The number of nitrogens with zero attached hydrogens (tertiary/aromatic N) is 1. The lowest BCUT2D eigenvalue weighted by Gasteiger charge is -2.20. The van der Waals surface area contributed by atoms with Gasteiger partial charge in [0.15, 0.2) is 11.5 Å². The van der Waals surface area contributed by atoms with Crippen LogP contribution in [0.3, 0.4) is 0 Å². The molecule has 2 amide bonds. The first-order valence-corrected chi connectivity index (χ1v) is 7.60. The van der Waals surface area contributed by atoms with Crippen molar-refractivity contribution in [3.05, 3.63) is 48.0 Å². The van der Waals surface area contributed by atoms with E-state index in [4.69, 9.17) is 9.47 Å². The number of rotatable bonds is 3. The van der Waals surface area contributed by atoms with Gasteiger partial charge in [0.2, 0.25) is 5.91 Å². The van der Waals surface area contributed by atoms with Crippen LogP contribution in [0.1, 0.15) is 17.3 Å². The molecule has 0 saturated carbocycles. The summed E-state index contributed by atoms with van der Waals surface area (Å²) in [6.07, 6.45) is 0. The van der Waals surface area contributed by atoms with Crippen LogP contribution in [0.2, 0.25) is 0 Å². The Hall–Kier alpha value is -3.02. The van der Waals surface area contributed by atoms with Crippen molar-refractivity contribution in [3.63, 3.8) is 0 Å². The topological polar surface area (TPSA) is 67.9 Å². The van der Waals surface area contributed by atoms with Crippen molar-refractivity contribution in [2.24, 2.45) is 0 Å². The van der Waals surface area contributed by atoms with Crippen LogP contribution in [0.25, 0.3) is 0 Å². The first-order valence-electron chi connectivity index (χ1n) is 7.60. The number of nitrogens with one attached hydrogen (secondary N) is 1. The summed E-state index contributed by atoms with van der Waals surface area (Å²) in [5, 5.41) is 2.83. The first-order chi connectivity index (χ1) is 11.6. The Morgan fingerprint density at radius 3 is 2.46 bits per heavy atom. The van der Waals surface area contributed by atoms with Crippen molar-refractivity contribution in [3.8, 4) is 11.5 Å². The molecule has 0 fully saturated rings. The Kier molecular flexibility index (Phi) is 4.37. The molecule has 0 unspecified atom stereocenters. The Balaban J connectivity index is 1.77. The molecule has 0 radical (unpaired) electrons. The predicted molar refractivity (Wildman–Crippen MR) is 90.9 cm³/mol. The Bertz CT molecular complexity index is 771. The molecule has 1 heterocycles. The predicted octanol–water partition coefficient (Wildman–Crippen LogP) is 2.69. The summed E-state index contributed by atoms with van der Waals surface area (Å²) in [6, 6.07) is 12.3. The number of hydrogen-bond acceptors (Lipinski definition) is 4. The van der Waals surface area contributed by atoms with Crippen LogP contribution in [0.5, 0.6) is 11.5 Å². The molecule has 2 aromatic rings. The number of hydrogen-bond donors (Lipinski definition) is 1. The number of para-hydroxylation sites is 1. The van der Waals surface area contributed by atoms with E-state index in [-0.39, 0.29) is 11.8 Å². The number of benzene rings is 2. The monoisotopic (exact) mass is 326 g/mol. The van der Waals surface area contributed by atoms with Gasteiger partial charge in [0.05, 0.1) is 5.56 Å². The molecule has 0 saturated heterocycles. The van der Waals surface area contributed by atoms with Crippen molar-refractivity contribution in [2.75, 3.05) is 30.5 Å². The van der Waals surface area contributed by atoms with Gasteiger partial charge in [0, 0.05) is 25.3 Å². The van der Waals surface area contributed by atoms with Crippen LogP contribution in [0, 0.1) is 0 Å². The highest BCUT2D eigenvalue weighted by atomic mass is 16.6. The molecule has 124 valence electrons. The van der Waals surface area contributed by atoms with Gasteiger partial charge in [-0.15, -0.1) is 0 Å². The van der Waals surface area contributed by atoms with E-state index >= 15 is 0 Å². The molecule has 1 aliphatic heterocycles. The van der Waals surface area contributed by atoms with Gasteiger partial charge in [-0.2, -0.15) is 0 Å². The lowest BCUT2D eigenvalue weighted by atomic mass is 10.1. The van der Waals surface area contributed by atoms with Crippen LogP contribution in [-0.2, 0) is 4.79 Å². The maximum Gasteiger partial charge on any atom is 0.259 e. The van der Waals surface area contributed by atoms with Gasteiger partial charge in [0.1, 0.15) is 13.2 Å². The summed E-state index contributed by atoms with van der Waals surface area (Å²) in [6.45, 7) is 2.39. The highest BCUT2D eigenvalue weighted by Gasteiger charge is 2.20. The van der Waals surface area contributed by atoms with Crippen molar-refractivity contribution in [1.29, 1.82) is 0 Å². The van der Waals surface area contributed by atoms with E-state index in [1.807, 2.05) is 0 Å². The second-order valence-corrected chi connectivity index (χ2v) is 5.41. The largest absolute Gasteiger partial charge is 0.486 e. The van der Waals surface area contributed by atoms with Gasteiger partial charge < -0.3 is 19.7 Å². The van der Waals surface area contributed by atoms with Crippen molar-refractivity contribution < 1.29 is 19.1 Å². The molecule has 6 nitrogen and oxygen atoms in total. The normalized spacial score (nSPS) is 12.4. The lowest BCUT2D eigenvalue weighted by Crippen LogP contribution is -2.22. The second kappa shape index (κ2) is 6.62. The molecule has 1 N–H and O–H groups in total. The average Bonchev–Trinajstić information content (AvgIpc) is 2.61. The van der Waals surface area contributed by atoms with Gasteiger partial charge in [0.25, 0.3) is 5.91 Å². The van der Waals surface area contributed by atoms with E-state index in [9.17, 15) is 9.59 Å². The van der Waals surface area contributed by atoms with Gasteiger partial charge in [-0.3, -0.25) is 9.59 Å². The minimum atomic E-state index is -0.273. The van der Waals surface area contributed by atoms with Crippen molar-refractivity contribution in [2.45, 2.75) is 6.92 Å². The summed E-state index contributed by atoms with van der Waals surface area (Å²) in [7, 11) is 1.70. The summed E-state index contributed by atoms with van der Waals surface area (Å²) in [5.41, 5.74) is 1.82. The van der Waals surface area contributed by atoms with Gasteiger partial charge in [-0.25, -0.2) is 0 Å². The third-order valence-corrected chi connectivity index (χ3v) is 3.80. The van der Waals surface area contributed by atoms with E-state index in [0.29, 0.717) is 36.0 Å². The van der Waals surface area contributed by atoms with Gasteiger partial charge >= 0.3 is 0 Å². The number of amides is 2. The Morgan fingerprint density at radius 2 is 1.75 bits per heavy atom. The van der Waals surface area contributed by atoms with E-state index in [1.165, 1.54) is 11.8 Å². The van der Waals surface area contributed by atoms with Crippen molar-refractivity contribution >= 4 is 23.2 Å². The zero-order valence-electron chi connectivity index (χ0n) is 13.5. The molecule has 24 heavy (non-hydrogen) atoms. The van der Waals surface area contributed by atoms with Crippen LogP contribution < -0.4 is 19.7 Å². The second-order valence-electron chi connectivity index (χ2n) is 5.41. The number of carbonyl (C=O) groups excluding carboxylic acids is 2. The molecule has 0 spiro atoms. The third-order valence-electron chi connectivity index (χ3n) is 3.80. The standard InChI is InChI=1S/C18H18N2O4/c1-12(21)20(2)14-8-6-13(7-9-14)19-18(22)15-4-3-5-16-17(15)24-11-10-23-16/h3-9H,10-11H2,1-2H3,(H,19,22). The van der Waals surface area contributed by atoms with Crippen LogP contribution in [-0.4, -0.2) is 32.1 Å². The molecule has 1 aliphatic rings. The zero-order chi connectivity index (χ0) is 17.1. The van der Waals surface area contributed by atoms with Crippen molar-refractivity contribution in [1.82, 2.24) is 0 Å². The Labute approximate surface area is 140 Å². The van der Waals surface area contributed by atoms with Crippen LogP contribution in [0.4, 0.5) is 11.4 Å². The molecule has 0 bridgehead atoms. The summed E-state index contributed by atoms with van der Waals surface area (Å²) < 4.78 is 11.0. The summed E-state index contributed by atoms with van der Waals surface area (Å²) >= 11 is 0. The fraction of sp³-hybridized carbons (Fsp3) is 0.222. The molecule has 0 atom stereocenters. The fourth-order valence-electron chi connectivity index (χ4n) is 2.40. The van der Waals surface area contributed by atoms with Gasteiger partial charge in [-0.1, -0.05) is 6.07 Å². The zero-order valence-corrected chi connectivity index (χ0v) is 13.5. The molecule has 0 aliphatic carbocycles. The minimum absolute atomic E-state index is 0.0557. The van der Waals surface area contributed by atoms with Gasteiger partial charge in [-0.05, 0) is 36.4 Å². The lowest BCUT2D eigenvalue weighted by molar-refractivity contribution is -0.116. The number of anilines is 2. The summed E-state index contributed by atoms with van der Waals surface area (Å²) in [4.78, 5) is 25.4. The quantitative estimate of drug-likeness (QED) is 0.941. The number of carbonyl (C=O) groups is 2. The molecule has 0 aromatic heterocycles. The van der Waals surface area contributed by atoms with Crippen LogP contribution in [0.15, 0.2) is 42.5 Å².